The average molecular weight is 1620 g/mol. The van der Waals surface area contributed by atoms with Crippen LogP contribution in [0, 0.1) is 0 Å². The van der Waals surface area contributed by atoms with Crippen LogP contribution in [0.25, 0.3) is 203 Å². The number of hydrogen-bond acceptors (Lipinski definition) is 14. The molecule has 13 aromatic carbocycles. The van der Waals surface area contributed by atoms with Crippen molar-refractivity contribution in [3.8, 4) is 203 Å². The lowest BCUT2D eigenvalue weighted by Crippen LogP contribution is -2.01. The van der Waals surface area contributed by atoms with Gasteiger partial charge in [-0.3, -0.25) is 24.9 Å². The molecule has 0 aliphatic rings. The molecule has 0 spiro atoms. The van der Waals surface area contributed by atoms with Crippen molar-refractivity contribution >= 4 is 0 Å². The first kappa shape index (κ1) is 78.5. The van der Waals surface area contributed by atoms with Gasteiger partial charge in [0, 0.05) is 110 Å². The third-order valence-corrected chi connectivity index (χ3v) is 21.3. The van der Waals surface area contributed by atoms with Gasteiger partial charge in [0.15, 0.2) is 52.4 Å². The van der Waals surface area contributed by atoms with Gasteiger partial charge in [0.25, 0.3) is 0 Å². The van der Waals surface area contributed by atoms with Crippen LogP contribution in [0.4, 0.5) is 0 Å². The number of pyridine rings is 5. The number of nitrogens with zero attached hydrogens (tertiary/aromatic N) is 14. The standard InChI is InChI=1S/C39H27N3.C37H25N5.C36H24N6/c1-4-13-28(14-5-1)31-19-10-22-34(25-31)37-40-38(35-23-11-20-32(26-35)29-15-6-2-7-16-29)42-39(41-37)36-24-12-21-33(27-36)30-17-8-3-9-18-30;1-2-7-26(8-3-1)29-9-4-12-32(23-29)35-40-36(33-13-5-10-30(24-33)27-15-19-38-20-16-27)42-37(41-35)34-14-6-11-31(25-34)28-17-21-39-22-18-28;1-4-19-37-31(16-1)25-10-7-13-28(22-25)34-40-35(29-14-8-11-26(23-29)32-17-2-5-20-38-32)42-36(41-34)30-15-9-12-27(24-30)33-18-3-6-21-39-33/h1-27H;1-25H;1-24H. The van der Waals surface area contributed by atoms with Crippen LogP contribution in [0.2, 0.25) is 0 Å². The van der Waals surface area contributed by atoms with Crippen molar-refractivity contribution in [2.45, 2.75) is 0 Å². The van der Waals surface area contributed by atoms with E-state index in [1.165, 1.54) is 0 Å². The van der Waals surface area contributed by atoms with Gasteiger partial charge >= 0.3 is 0 Å². The van der Waals surface area contributed by atoms with Crippen molar-refractivity contribution < 1.29 is 0 Å². The summed E-state index contributed by atoms with van der Waals surface area (Å²) in [7, 11) is 0. The SMILES string of the molecule is c1ccc(-c2cccc(-c3nc(-c4cccc(-c5ccccc5)c4)nc(-c4cccc(-c5ccccc5)c4)n3)c2)cc1.c1ccc(-c2cccc(-c3nc(-c4cccc(-c5ccccn5)c4)nc(-c4cccc(-c5ccccn5)c4)n3)c2)nc1.c1ccc(-c2cccc(-c3nc(-c4cccc(-c5ccncc5)c4)nc(-c4cccc(-c5ccncc5)c4)n3)c2)cc1. The van der Waals surface area contributed by atoms with Crippen molar-refractivity contribution in [3.05, 3.63) is 462 Å². The minimum atomic E-state index is 0.583. The van der Waals surface area contributed by atoms with Crippen LogP contribution in [-0.2, 0) is 0 Å². The molecule has 0 atom stereocenters. The van der Waals surface area contributed by atoms with Gasteiger partial charge in [-0.15, -0.1) is 0 Å². The Bertz CT molecular complexity index is 5880. The average Bonchev–Trinajstić information content (AvgIpc) is 0.792. The Labute approximate surface area is 730 Å². The maximum atomic E-state index is 5.03. The Balaban J connectivity index is 0.000000123. The van der Waals surface area contributed by atoms with Crippen LogP contribution in [0.3, 0.4) is 0 Å². The van der Waals surface area contributed by atoms with E-state index in [9.17, 15) is 0 Å². The summed E-state index contributed by atoms with van der Waals surface area (Å²) in [5, 5.41) is 0. The molecular weight excluding hydrogens is 1540 g/mol. The lowest BCUT2D eigenvalue weighted by atomic mass is 10.0. The van der Waals surface area contributed by atoms with Crippen molar-refractivity contribution in [2.75, 3.05) is 0 Å². The number of aromatic nitrogens is 14. The summed E-state index contributed by atoms with van der Waals surface area (Å²) in [6.07, 6.45) is 12.6. The lowest BCUT2D eigenvalue weighted by Gasteiger charge is -2.11. The Morgan fingerprint density at radius 3 is 0.437 bits per heavy atom. The van der Waals surface area contributed by atoms with E-state index in [0.717, 1.165) is 151 Å². The molecule has 0 unspecified atom stereocenters. The first-order valence-electron chi connectivity index (χ1n) is 41.4. The lowest BCUT2D eigenvalue weighted by molar-refractivity contribution is 1.07. The van der Waals surface area contributed by atoms with Gasteiger partial charge in [0.05, 0.1) is 17.1 Å². The first-order chi connectivity index (χ1) is 62.4. The fourth-order valence-electron chi connectivity index (χ4n) is 15.0. The molecule has 0 aliphatic heterocycles. The van der Waals surface area contributed by atoms with Crippen LogP contribution >= 0.6 is 0 Å². The molecule has 14 heteroatoms. The molecule has 8 heterocycles. The van der Waals surface area contributed by atoms with Crippen molar-refractivity contribution in [2.24, 2.45) is 0 Å². The van der Waals surface area contributed by atoms with Crippen molar-refractivity contribution in [3.63, 3.8) is 0 Å². The maximum Gasteiger partial charge on any atom is 0.164 e. The highest BCUT2D eigenvalue weighted by atomic mass is 15.1. The molecular formula is C112H76N14. The van der Waals surface area contributed by atoms with E-state index in [1.54, 1.807) is 43.4 Å². The molecule has 0 saturated carbocycles. The van der Waals surface area contributed by atoms with E-state index >= 15 is 0 Å². The summed E-state index contributed by atoms with van der Waals surface area (Å²) < 4.78 is 0. The quantitative estimate of drug-likeness (QED) is 0.0791. The third-order valence-electron chi connectivity index (χ3n) is 21.3. The van der Waals surface area contributed by atoms with Gasteiger partial charge in [-0.25, -0.2) is 44.9 Å². The maximum absolute atomic E-state index is 5.03. The van der Waals surface area contributed by atoms with Crippen molar-refractivity contribution in [1.82, 2.24) is 69.8 Å². The molecule has 0 saturated heterocycles. The highest BCUT2D eigenvalue weighted by molar-refractivity contribution is 5.81. The van der Waals surface area contributed by atoms with Crippen molar-refractivity contribution in [1.29, 1.82) is 0 Å². The predicted molar refractivity (Wildman–Crippen MR) is 506 cm³/mol. The molecule has 21 rings (SSSR count). The van der Waals surface area contributed by atoms with E-state index in [2.05, 4.69) is 249 Å². The molecule has 0 radical (unpaired) electrons. The Morgan fingerprint density at radius 2 is 0.254 bits per heavy atom. The third kappa shape index (κ3) is 18.6. The fraction of sp³-hybridized carbons (Fsp3) is 0. The second kappa shape index (κ2) is 37.5. The minimum Gasteiger partial charge on any atom is -0.265 e. The van der Waals surface area contributed by atoms with Gasteiger partial charge in [-0.1, -0.05) is 303 Å². The number of benzene rings is 13. The van der Waals surface area contributed by atoms with E-state index in [4.69, 9.17) is 44.9 Å². The topological polar surface area (TPSA) is 180 Å². The summed E-state index contributed by atoms with van der Waals surface area (Å²) in [6, 6.07) is 142. The van der Waals surface area contributed by atoms with Crippen LogP contribution in [0.5, 0.6) is 0 Å². The van der Waals surface area contributed by atoms with E-state index in [1.807, 2.05) is 194 Å². The number of rotatable bonds is 18. The normalized spacial score (nSPS) is 10.9. The summed E-state index contributed by atoms with van der Waals surface area (Å²) in [4.78, 5) is 66.9. The second-order valence-corrected chi connectivity index (χ2v) is 29.7. The van der Waals surface area contributed by atoms with Crippen LogP contribution in [0.1, 0.15) is 0 Å². The van der Waals surface area contributed by atoms with Gasteiger partial charge < -0.3 is 0 Å². The van der Waals surface area contributed by atoms with Gasteiger partial charge in [-0.05, 0) is 182 Å². The van der Waals surface area contributed by atoms with Crippen LogP contribution in [-0.4, -0.2) is 69.8 Å². The molecule has 0 bridgehead atoms. The Kier molecular flexibility index (Phi) is 23.4. The molecule has 126 heavy (non-hydrogen) atoms. The summed E-state index contributed by atoms with van der Waals surface area (Å²) in [6.45, 7) is 0. The second-order valence-electron chi connectivity index (χ2n) is 29.7. The van der Waals surface area contributed by atoms with E-state index < -0.39 is 0 Å². The van der Waals surface area contributed by atoms with Crippen LogP contribution < -0.4 is 0 Å². The minimum absolute atomic E-state index is 0.583. The van der Waals surface area contributed by atoms with Gasteiger partial charge in [0.1, 0.15) is 0 Å². The molecule has 0 aliphatic carbocycles. The molecule has 21 aromatic rings. The smallest absolute Gasteiger partial charge is 0.164 e. The zero-order valence-electron chi connectivity index (χ0n) is 68.1. The van der Waals surface area contributed by atoms with E-state index in [-0.39, 0.29) is 0 Å². The molecule has 594 valence electrons. The molecule has 8 aromatic heterocycles. The van der Waals surface area contributed by atoms with Crippen LogP contribution in [0.15, 0.2) is 462 Å². The zero-order valence-corrected chi connectivity index (χ0v) is 68.1. The fourth-order valence-corrected chi connectivity index (χ4v) is 15.0. The highest BCUT2D eigenvalue weighted by Gasteiger charge is 2.20. The Hall–Kier alpha value is -17.4. The first-order valence-corrected chi connectivity index (χ1v) is 41.4. The summed E-state index contributed by atoms with van der Waals surface area (Å²) >= 11 is 0. The molecule has 0 fully saturated rings. The largest absolute Gasteiger partial charge is 0.265 e. The monoisotopic (exact) mass is 1620 g/mol. The van der Waals surface area contributed by atoms with Gasteiger partial charge in [-0.2, -0.15) is 0 Å². The molecule has 14 nitrogen and oxygen atoms in total. The van der Waals surface area contributed by atoms with E-state index in [0.29, 0.717) is 52.4 Å². The summed E-state index contributed by atoms with van der Waals surface area (Å²) in [5.74, 6) is 5.53. The zero-order chi connectivity index (χ0) is 84.4. The number of hydrogen-bond donors (Lipinski definition) is 0. The molecule has 0 amide bonds. The highest BCUT2D eigenvalue weighted by Crippen LogP contribution is 2.37. The predicted octanol–water partition coefficient (Wildman–Crippen LogP) is 26.6. The summed E-state index contributed by atoms with van der Waals surface area (Å²) in [5.41, 5.74) is 27.3. The molecule has 0 N–H and O–H groups in total. The Morgan fingerprint density at radius 1 is 0.103 bits per heavy atom. The van der Waals surface area contributed by atoms with Gasteiger partial charge in [0.2, 0.25) is 0 Å².